The summed E-state index contributed by atoms with van der Waals surface area (Å²) in [6.45, 7) is 3.84. The number of para-hydroxylation sites is 1. The molecule has 0 saturated carbocycles. The molecule has 0 aromatic heterocycles. The normalized spacial score (nSPS) is 20.0. The van der Waals surface area contributed by atoms with Crippen molar-refractivity contribution in [2.24, 2.45) is 5.92 Å². The number of methoxy groups -OCH3 is 1. The second-order valence-electron chi connectivity index (χ2n) is 3.63. The van der Waals surface area contributed by atoms with E-state index in [1.165, 1.54) is 0 Å². The van der Waals surface area contributed by atoms with Crippen molar-refractivity contribution in [3.8, 4) is 11.5 Å². The molecule has 1 aromatic carbocycles. The monoisotopic (exact) mass is 193 g/mol. The number of anilines is 1. The first-order valence-corrected chi connectivity index (χ1v) is 4.85. The van der Waals surface area contributed by atoms with Gasteiger partial charge in [-0.25, -0.2) is 0 Å². The molecule has 0 aliphatic carbocycles. The van der Waals surface area contributed by atoms with Crippen molar-refractivity contribution in [2.45, 2.75) is 6.92 Å². The molecule has 76 valence electrons. The minimum absolute atomic E-state index is 0.520. The van der Waals surface area contributed by atoms with Crippen molar-refractivity contribution in [1.29, 1.82) is 0 Å². The van der Waals surface area contributed by atoms with Gasteiger partial charge in [-0.1, -0.05) is 13.0 Å². The standard InChI is InChI=1S/C11H15NO2/c1-8-6-12-9-4-3-5-10(13-2)11(9)14-7-8/h3-5,8,12H,6-7H2,1-2H3. The van der Waals surface area contributed by atoms with Gasteiger partial charge in [-0.3, -0.25) is 0 Å². The van der Waals surface area contributed by atoms with Gasteiger partial charge in [-0.15, -0.1) is 0 Å². The summed E-state index contributed by atoms with van der Waals surface area (Å²) >= 11 is 0. The average molecular weight is 193 g/mol. The van der Waals surface area contributed by atoms with Gasteiger partial charge >= 0.3 is 0 Å². The van der Waals surface area contributed by atoms with Crippen LogP contribution in [0.2, 0.25) is 0 Å². The maximum atomic E-state index is 5.70. The number of ether oxygens (including phenoxy) is 2. The smallest absolute Gasteiger partial charge is 0.184 e. The van der Waals surface area contributed by atoms with Crippen molar-refractivity contribution >= 4 is 5.69 Å². The van der Waals surface area contributed by atoms with E-state index in [0.29, 0.717) is 5.92 Å². The zero-order valence-electron chi connectivity index (χ0n) is 8.54. The van der Waals surface area contributed by atoms with Gasteiger partial charge in [0, 0.05) is 12.5 Å². The molecule has 1 aliphatic rings. The summed E-state index contributed by atoms with van der Waals surface area (Å²) < 4.78 is 10.9. The fraction of sp³-hybridized carbons (Fsp3) is 0.455. The van der Waals surface area contributed by atoms with E-state index in [1.807, 2.05) is 18.2 Å². The molecule has 0 saturated heterocycles. The Morgan fingerprint density at radius 3 is 3.14 bits per heavy atom. The average Bonchev–Trinajstić information content (AvgIpc) is 2.41. The molecule has 2 rings (SSSR count). The lowest BCUT2D eigenvalue weighted by atomic mass is 10.2. The highest BCUT2D eigenvalue weighted by Gasteiger charge is 2.16. The lowest BCUT2D eigenvalue weighted by Gasteiger charge is -2.11. The van der Waals surface area contributed by atoms with Crippen LogP contribution < -0.4 is 14.8 Å². The molecule has 0 spiro atoms. The quantitative estimate of drug-likeness (QED) is 0.741. The molecular formula is C11H15NO2. The third-order valence-corrected chi connectivity index (χ3v) is 2.35. The van der Waals surface area contributed by atoms with E-state index >= 15 is 0 Å². The van der Waals surface area contributed by atoms with E-state index in [9.17, 15) is 0 Å². The van der Waals surface area contributed by atoms with Gasteiger partial charge in [-0.2, -0.15) is 0 Å². The first kappa shape index (κ1) is 9.19. The molecule has 14 heavy (non-hydrogen) atoms. The van der Waals surface area contributed by atoms with Crippen LogP contribution in [0.25, 0.3) is 0 Å². The molecular weight excluding hydrogens is 178 g/mol. The third kappa shape index (κ3) is 1.62. The zero-order valence-corrected chi connectivity index (χ0v) is 8.54. The van der Waals surface area contributed by atoms with Crippen LogP contribution in [-0.2, 0) is 0 Å². The topological polar surface area (TPSA) is 30.5 Å². The van der Waals surface area contributed by atoms with Crippen LogP contribution in [-0.4, -0.2) is 20.3 Å². The summed E-state index contributed by atoms with van der Waals surface area (Å²) in [5.74, 6) is 2.15. The predicted octanol–water partition coefficient (Wildman–Crippen LogP) is 2.14. The molecule has 1 aliphatic heterocycles. The van der Waals surface area contributed by atoms with Crippen LogP contribution in [0.3, 0.4) is 0 Å². The molecule has 1 aromatic rings. The second-order valence-corrected chi connectivity index (χ2v) is 3.63. The SMILES string of the molecule is COc1cccc2c1OCC(C)CN2. The van der Waals surface area contributed by atoms with E-state index < -0.39 is 0 Å². The summed E-state index contributed by atoms with van der Waals surface area (Å²) in [4.78, 5) is 0. The van der Waals surface area contributed by atoms with Crippen LogP contribution in [0.15, 0.2) is 18.2 Å². The predicted molar refractivity (Wildman–Crippen MR) is 56.1 cm³/mol. The Balaban J connectivity index is 2.35. The minimum atomic E-state index is 0.520. The fourth-order valence-corrected chi connectivity index (χ4v) is 1.53. The van der Waals surface area contributed by atoms with Crippen LogP contribution >= 0.6 is 0 Å². The summed E-state index contributed by atoms with van der Waals surface area (Å²) in [6.07, 6.45) is 0. The Bertz CT molecular complexity index is 325. The van der Waals surface area contributed by atoms with E-state index in [4.69, 9.17) is 9.47 Å². The Morgan fingerprint density at radius 2 is 2.36 bits per heavy atom. The summed E-state index contributed by atoms with van der Waals surface area (Å²) in [7, 11) is 1.66. The summed E-state index contributed by atoms with van der Waals surface area (Å²) in [6, 6.07) is 5.89. The van der Waals surface area contributed by atoms with E-state index in [1.54, 1.807) is 7.11 Å². The number of benzene rings is 1. The molecule has 0 bridgehead atoms. The number of fused-ring (bicyclic) bond motifs is 1. The molecule has 1 unspecified atom stereocenters. The molecule has 1 N–H and O–H groups in total. The van der Waals surface area contributed by atoms with Crippen molar-refractivity contribution < 1.29 is 9.47 Å². The highest BCUT2D eigenvalue weighted by Crippen LogP contribution is 2.36. The van der Waals surface area contributed by atoms with Crippen molar-refractivity contribution in [1.82, 2.24) is 0 Å². The molecule has 0 radical (unpaired) electrons. The lowest BCUT2D eigenvalue weighted by Crippen LogP contribution is -2.13. The summed E-state index contributed by atoms with van der Waals surface area (Å²) in [5.41, 5.74) is 1.02. The Morgan fingerprint density at radius 1 is 1.50 bits per heavy atom. The molecule has 3 nitrogen and oxygen atoms in total. The van der Waals surface area contributed by atoms with Gasteiger partial charge in [0.25, 0.3) is 0 Å². The molecule has 0 amide bonds. The highest BCUT2D eigenvalue weighted by atomic mass is 16.5. The number of rotatable bonds is 1. The molecule has 3 heteroatoms. The van der Waals surface area contributed by atoms with Gasteiger partial charge in [0.1, 0.15) is 0 Å². The molecule has 1 heterocycles. The van der Waals surface area contributed by atoms with Crippen molar-refractivity contribution in [3.63, 3.8) is 0 Å². The Labute approximate surface area is 84.0 Å². The molecule has 0 fully saturated rings. The Kier molecular flexibility index (Phi) is 2.48. The van der Waals surface area contributed by atoms with Gasteiger partial charge in [-0.05, 0) is 12.1 Å². The first-order chi connectivity index (χ1) is 6.81. The van der Waals surface area contributed by atoms with Crippen LogP contribution in [0.4, 0.5) is 5.69 Å². The Hall–Kier alpha value is -1.38. The largest absolute Gasteiger partial charge is 0.493 e. The van der Waals surface area contributed by atoms with E-state index in [-0.39, 0.29) is 0 Å². The zero-order chi connectivity index (χ0) is 9.97. The number of hydrogen-bond acceptors (Lipinski definition) is 3. The van der Waals surface area contributed by atoms with E-state index in [0.717, 1.165) is 30.3 Å². The third-order valence-electron chi connectivity index (χ3n) is 2.35. The maximum Gasteiger partial charge on any atom is 0.184 e. The van der Waals surface area contributed by atoms with Gasteiger partial charge in [0.05, 0.1) is 19.4 Å². The van der Waals surface area contributed by atoms with Crippen LogP contribution in [0.5, 0.6) is 11.5 Å². The number of nitrogens with one attached hydrogen (secondary N) is 1. The van der Waals surface area contributed by atoms with Crippen LogP contribution in [0, 0.1) is 5.92 Å². The first-order valence-electron chi connectivity index (χ1n) is 4.85. The fourth-order valence-electron chi connectivity index (χ4n) is 1.53. The van der Waals surface area contributed by atoms with Gasteiger partial charge in [0.2, 0.25) is 0 Å². The lowest BCUT2D eigenvalue weighted by molar-refractivity contribution is 0.262. The minimum Gasteiger partial charge on any atom is -0.493 e. The van der Waals surface area contributed by atoms with Crippen LogP contribution in [0.1, 0.15) is 6.92 Å². The number of hydrogen-bond donors (Lipinski definition) is 1. The van der Waals surface area contributed by atoms with Gasteiger partial charge < -0.3 is 14.8 Å². The van der Waals surface area contributed by atoms with E-state index in [2.05, 4.69) is 12.2 Å². The molecule has 1 atom stereocenters. The second kappa shape index (κ2) is 3.78. The van der Waals surface area contributed by atoms with Crippen molar-refractivity contribution in [3.05, 3.63) is 18.2 Å². The summed E-state index contributed by atoms with van der Waals surface area (Å²) in [5, 5.41) is 3.34. The highest BCUT2D eigenvalue weighted by molar-refractivity contribution is 5.63. The maximum absolute atomic E-state index is 5.70. The van der Waals surface area contributed by atoms with Crippen molar-refractivity contribution in [2.75, 3.05) is 25.6 Å². The van der Waals surface area contributed by atoms with Gasteiger partial charge in [0.15, 0.2) is 11.5 Å².